The van der Waals surface area contributed by atoms with Gasteiger partial charge < -0.3 is 26.4 Å². The topological polar surface area (TPSA) is 142 Å². The number of hydrogen-bond donors (Lipinski definition) is 4. The maximum absolute atomic E-state index is 12.7. The molecule has 0 saturated carbocycles. The number of carbonyl (C=O) groups is 4. The molecule has 5 N–H and O–H groups in total. The molecule has 0 aliphatic carbocycles. The Morgan fingerprint density at radius 1 is 1.07 bits per heavy atom. The van der Waals surface area contributed by atoms with Gasteiger partial charge in [-0.15, -0.1) is 0 Å². The molecule has 9 heteroatoms. The molecule has 1 aliphatic rings. The van der Waals surface area contributed by atoms with Crippen LogP contribution in [0.2, 0.25) is 0 Å². The monoisotopic (exact) mass is 398 g/mol. The third-order valence-corrected chi connectivity index (χ3v) is 4.86. The average molecular weight is 399 g/mol. The van der Waals surface area contributed by atoms with E-state index >= 15 is 0 Å². The Labute approximate surface area is 166 Å². The Bertz CT molecular complexity index is 593. The van der Waals surface area contributed by atoms with E-state index in [-0.39, 0.29) is 11.8 Å². The second kappa shape index (κ2) is 10.4. The summed E-state index contributed by atoms with van der Waals surface area (Å²) in [5.74, 6) is -2.36. The zero-order chi connectivity index (χ0) is 21.6. The highest BCUT2D eigenvalue weighted by atomic mass is 16.4. The first-order valence-corrected chi connectivity index (χ1v) is 9.85. The van der Waals surface area contributed by atoms with E-state index in [1.165, 1.54) is 11.8 Å². The second-order valence-corrected chi connectivity index (χ2v) is 8.22. The van der Waals surface area contributed by atoms with Gasteiger partial charge >= 0.3 is 5.97 Å². The fourth-order valence-corrected chi connectivity index (χ4v) is 3.31. The molecule has 4 atom stereocenters. The predicted molar refractivity (Wildman–Crippen MR) is 104 cm³/mol. The molecular weight excluding hydrogens is 364 g/mol. The lowest BCUT2D eigenvalue weighted by molar-refractivity contribution is -0.149. The zero-order valence-electron chi connectivity index (χ0n) is 17.4. The lowest BCUT2D eigenvalue weighted by Crippen LogP contribution is -2.57. The molecule has 0 aromatic carbocycles. The van der Waals surface area contributed by atoms with Gasteiger partial charge in [-0.1, -0.05) is 27.7 Å². The standard InChI is InChI=1S/C19H34N4O5/c1-10(2)9-13(20)16(24)22-15(11(3)4)17(25)21-12(5)18(26)23-8-6-7-14(23)19(27)28/h10-15H,6-9,20H2,1-5H3,(H,21,25)(H,22,24)(H,27,28)/t12-,13-,14-,15-/m0/s1. The van der Waals surface area contributed by atoms with Crippen molar-refractivity contribution in [3.05, 3.63) is 0 Å². The lowest BCUT2D eigenvalue weighted by Gasteiger charge is -2.28. The summed E-state index contributed by atoms with van der Waals surface area (Å²) in [5.41, 5.74) is 5.88. The largest absolute Gasteiger partial charge is 0.480 e. The molecule has 1 fully saturated rings. The third-order valence-electron chi connectivity index (χ3n) is 4.86. The summed E-state index contributed by atoms with van der Waals surface area (Å²) < 4.78 is 0. The maximum atomic E-state index is 12.7. The Morgan fingerprint density at radius 3 is 2.18 bits per heavy atom. The van der Waals surface area contributed by atoms with Crippen molar-refractivity contribution < 1.29 is 24.3 Å². The number of likely N-dealkylation sites (tertiary alicyclic amines) is 1. The molecule has 1 heterocycles. The van der Waals surface area contributed by atoms with E-state index in [0.29, 0.717) is 25.8 Å². The molecule has 0 unspecified atom stereocenters. The predicted octanol–water partition coefficient (Wildman–Crippen LogP) is 0.0809. The van der Waals surface area contributed by atoms with Gasteiger partial charge in [-0.2, -0.15) is 0 Å². The van der Waals surface area contributed by atoms with Gasteiger partial charge in [0.1, 0.15) is 18.1 Å². The first-order chi connectivity index (χ1) is 13.0. The maximum Gasteiger partial charge on any atom is 0.326 e. The Balaban J connectivity index is 2.73. The Kier molecular flexibility index (Phi) is 8.87. The lowest BCUT2D eigenvalue weighted by atomic mass is 10.00. The van der Waals surface area contributed by atoms with Crippen LogP contribution in [-0.4, -0.2) is 64.4 Å². The van der Waals surface area contributed by atoms with Crippen LogP contribution in [0.4, 0.5) is 0 Å². The molecule has 1 saturated heterocycles. The van der Waals surface area contributed by atoms with Gasteiger partial charge in [0.2, 0.25) is 17.7 Å². The Hall–Kier alpha value is -2.16. The van der Waals surface area contributed by atoms with Crippen LogP contribution in [0.1, 0.15) is 53.9 Å². The summed E-state index contributed by atoms with van der Waals surface area (Å²) in [4.78, 5) is 50.1. The average Bonchev–Trinajstić information content (AvgIpc) is 3.07. The van der Waals surface area contributed by atoms with Crippen molar-refractivity contribution in [2.75, 3.05) is 6.54 Å². The fraction of sp³-hybridized carbons (Fsp3) is 0.789. The summed E-state index contributed by atoms with van der Waals surface area (Å²) in [6, 6.07) is -3.31. The number of carboxylic acid groups (broad SMARTS) is 1. The van der Waals surface area contributed by atoms with Crippen LogP contribution in [0.25, 0.3) is 0 Å². The molecule has 0 aromatic rings. The van der Waals surface area contributed by atoms with Crippen molar-refractivity contribution in [2.24, 2.45) is 17.6 Å². The van der Waals surface area contributed by atoms with Gasteiger partial charge in [-0.25, -0.2) is 4.79 Å². The first kappa shape index (κ1) is 23.9. The smallest absolute Gasteiger partial charge is 0.326 e. The van der Waals surface area contributed by atoms with Crippen LogP contribution in [-0.2, 0) is 19.2 Å². The normalized spacial score (nSPS) is 20.0. The van der Waals surface area contributed by atoms with E-state index in [2.05, 4.69) is 10.6 Å². The highest BCUT2D eigenvalue weighted by Crippen LogP contribution is 2.18. The van der Waals surface area contributed by atoms with Gasteiger partial charge in [0.05, 0.1) is 6.04 Å². The number of hydrogen-bond acceptors (Lipinski definition) is 5. The number of nitrogens with two attached hydrogens (primary N) is 1. The number of amides is 3. The summed E-state index contributed by atoms with van der Waals surface area (Å²) in [6.45, 7) is 9.34. The van der Waals surface area contributed by atoms with Gasteiger partial charge in [0, 0.05) is 6.54 Å². The minimum absolute atomic E-state index is 0.212. The van der Waals surface area contributed by atoms with Crippen molar-refractivity contribution in [3.63, 3.8) is 0 Å². The van der Waals surface area contributed by atoms with Crippen LogP contribution in [0, 0.1) is 11.8 Å². The number of carboxylic acids is 1. The molecule has 28 heavy (non-hydrogen) atoms. The molecule has 0 spiro atoms. The van der Waals surface area contributed by atoms with E-state index < -0.39 is 47.9 Å². The third kappa shape index (κ3) is 6.47. The molecule has 0 bridgehead atoms. The van der Waals surface area contributed by atoms with Crippen LogP contribution in [0.3, 0.4) is 0 Å². The minimum Gasteiger partial charge on any atom is -0.480 e. The summed E-state index contributed by atoms with van der Waals surface area (Å²) >= 11 is 0. The molecule has 1 rings (SSSR count). The summed E-state index contributed by atoms with van der Waals surface area (Å²) in [6.07, 6.45) is 1.51. The van der Waals surface area contributed by atoms with Gasteiger partial charge in [-0.3, -0.25) is 14.4 Å². The van der Waals surface area contributed by atoms with Crippen molar-refractivity contribution >= 4 is 23.7 Å². The van der Waals surface area contributed by atoms with Crippen LogP contribution in [0.15, 0.2) is 0 Å². The molecule has 1 aliphatic heterocycles. The summed E-state index contributed by atoms with van der Waals surface area (Å²) in [5, 5.41) is 14.5. The number of carbonyl (C=O) groups excluding carboxylic acids is 3. The van der Waals surface area contributed by atoms with Gasteiger partial charge in [-0.05, 0) is 38.0 Å². The van der Waals surface area contributed by atoms with E-state index in [0.717, 1.165) is 0 Å². The highest BCUT2D eigenvalue weighted by Gasteiger charge is 2.37. The molecular formula is C19H34N4O5. The van der Waals surface area contributed by atoms with Crippen molar-refractivity contribution in [2.45, 2.75) is 78.0 Å². The van der Waals surface area contributed by atoms with E-state index in [1.807, 2.05) is 13.8 Å². The molecule has 0 radical (unpaired) electrons. The van der Waals surface area contributed by atoms with Crippen LogP contribution >= 0.6 is 0 Å². The van der Waals surface area contributed by atoms with E-state index in [4.69, 9.17) is 5.73 Å². The number of nitrogens with zero attached hydrogens (tertiary/aromatic N) is 1. The fourth-order valence-electron chi connectivity index (χ4n) is 3.31. The first-order valence-electron chi connectivity index (χ1n) is 9.85. The van der Waals surface area contributed by atoms with Crippen molar-refractivity contribution in [3.8, 4) is 0 Å². The molecule has 9 nitrogen and oxygen atoms in total. The zero-order valence-corrected chi connectivity index (χ0v) is 17.4. The highest BCUT2D eigenvalue weighted by molar-refractivity contribution is 5.94. The van der Waals surface area contributed by atoms with Gasteiger partial charge in [0.15, 0.2) is 0 Å². The molecule has 160 valence electrons. The van der Waals surface area contributed by atoms with Crippen molar-refractivity contribution in [1.29, 1.82) is 0 Å². The number of nitrogens with one attached hydrogen (secondary N) is 2. The van der Waals surface area contributed by atoms with Crippen molar-refractivity contribution in [1.82, 2.24) is 15.5 Å². The second-order valence-electron chi connectivity index (χ2n) is 8.22. The number of rotatable bonds is 9. The number of aliphatic carboxylic acids is 1. The quantitative estimate of drug-likeness (QED) is 0.433. The van der Waals surface area contributed by atoms with Gasteiger partial charge in [0.25, 0.3) is 0 Å². The van der Waals surface area contributed by atoms with E-state index in [1.54, 1.807) is 13.8 Å². The SMILES string of the molecule is CC(C)C[C@H](N)C(=O)N[C@H](C(=O)N[C@@H](C)C(=O)N1CCC[C@H]1C(=O)O)C(C)C. The Morgan fingerprint density at radius 2 is 1.68 bits per heavy atom. The van der Waals surface area contributed by atoms with E-state index in [9.17, 15) is 24.3 Å². The van der Waals surface area contributed by atoms with Crippen LogP contribution in [0.5, 0.6) is 0 Å². The summed E-state index contributed by atoms with van der Waals surface area (Å²) in [7, 11) is 0. The molecule has 0 aromatic heterocycles. The molecule has 3 amide bonds. The minimum atomic E-state index is -1.05. The van der Waals surface area contributed by atoms with Crippen LogP contribution < -0.4 is 16.4 Å².